The highest BCUT2D eigenvalue weighted by atomic mass is 35.5. The largest absolute Gasteiger partial charge is 0.497 e. The Hall–Kier alpha value is -0.730. The summed E-state index contributed by atoms with van der Waals surface area (Å²) in [6, 6.07) is 8.17. The van der Waals surface area contributed by atoms with E-state index in [4.69, 9.17) is 4.74 Å². The van der Waals surface area contributed by atoms with E-state index in [1.54, 1.807) is 7.11 Å². The summed E-state index contributed by atoms with van der Waals surface area (Å²) in [7, 11) is 1.70. The first-order valence-electron chi connectivity index (χ1n) is 5.45. The predicted octanol–water partition coefficient (Wildman–Crippen LogP) is 3.40. The number of ether oxygens (including phenoxy) is 1. The van der Waals surface area contributed by atoms with E-state index < -0.39 is 0 Å². The highest BCUT2D eigenvalue weighted by Gasteiger charge is 2.13. The van der Waals surface area contributed by atoms with Gasteiger partial charge in [-0.15, -0.1) is 12.4 Å². The summed E-state index contributed by atoms with van der Waals surface area (Å²) in [5.41, 5.74) is 1.46. The minimum Gasteiger partial charge on any atom is -0.497 e. The number of halogens is 1. The second-order valence-corrected chi connectivity index (χ2v) is 4.44. The maximum absolute atomic E-state index is 5.19. The molecule has 1 aromatic rings. The molecule has 0 amide bonds. The summed E-state index contributed by atoms with van der Waals surface area (Å²) in [6.07, 6.45) is 1.12. The van der Waals surface area contributed by atoms with Crippen LogP contribution in [0.4, 0.5) is 0 Å². The Balaban J connectivity index is 0.00000225. The average molecular weight is 244 g/mol. The number of hydrogen-bond acceptors (Lipinski definition) is 2. The van der Waals surface area contributed by atoms with Gasteiger partial charge in [0.1, 0.15) is 5.75 Å². The van der Waals surface area contributed by atoms with Gasteiger partial charge in [0.15, 0.2) is 0 Å². The maximum Gasteiger partial charge on any atom is 0.119 e. The van der Waals surface area contributed by atoms with Crippen molar-refractivity contribution < 1.29 is 4.74 Å². The summed E-state index contributed by atoms with van der Waals surface area (Å²) in [4.78, 5) is 0. The highest BCUT2D eigenvalue weighted by molar-refractivity contribution is 5.85. The summed E-state index contributed by atoms with van der Waals surface area (Å²) < 4.78 is 5.19. The van der Waals surface area contributed by atoms with Crippen LogP contribution >= 0.6 is 12.4 Å². The molecular weight excluding hydrogens is 222 g/mol. The van der Waals surface area contributed by atoms with Crippen molar-refractivity contribution in [2.24, 2.45) is 0 Å². The van der Waals surface area contributed by atoms with Crippen molar-refractivity contribution in [2.75, 3.05) is 7.11 Å². The van der Waals surface area contributed by atoms with Crippen LogP contribution in [0.15, 0.2) is 24.3 Å². The second kappa shape index (κ2) is 6.77. The normalized spacial score (nSPS) is 10.8. The molecule has 0 fully saturated rings. The van der Waals surface area contributed by atoms with Crippen LogP contribution in [0.2, 0.25) is 0 Å². The molecule has 92 valence electrons. The Morgan fingerprint density at radius 2 is 2.00 bits per heavy atom. The molecule has 2 nitrogen and oxygen atoms in total. The first-order chi connectivity index (χ1) is 7.07. The number of benzene rings is 1. The van der Waals surface area contributed by atoms with Crippen molar-refractivity contribution in [2.45, 2.75) is 39.3 Å². The molecule has 0 heterocycles. The number of rotatable bonds is 5. The molecular formula is C13H22ClNO. The van der Waals surface area contributed by atoms with Crippen molar-refractivity contribution >= 4 is 12.4 Å². The average Bonchev–Trinajstić information content (AvgIpc) is 2.27. The van der Waals surface area contributed by atoms with Crippen LogP contribution in [-0.2, 0) is 6.54 Å². The van der Waals surface area contributed by atoms with Crippen molar-refractivity contribution in [3.05, 3.63) is 29.8 Å². The minimum absolute atomic E-state index is 0. The van der Waals surface area contributed by atoms with Gasteiger partial charge in [0.25, 0.3) is 0 Å². The zero-order valence-electron chi connectivity index (χ0n) is 10.5. The van der Waals surface area contributed by atoms with E-state index in [9.17, 15) is 0 Å². The minimum atomic E-state index is 0. The smallest absolute Gasteiger partial charge is 0.119 e. The number of hydrogen-bond donors (Lipinski definition) is 1. The Morgan fingerprint density at radius 3 is 2.56 bits per heavy atom. The second-order valence-electron chi connectivity index (χ2n) is 4.44. The third-order valence-corrected chi connectivity index (χ3v) is 2.79. The van der Waals surface area contributed by atoms with E-state index in [2.05, 4.69) is 38.2 Å². The molecule has 0 radical (unpaired) electrons. The molecule has 1 aromatic carbocycles. The van der Waals surface area contributed by atoms with Crippen molar-refractivity contribution in [1.82, 2.24) is 5.32 Å². The first kappa shape index (κ1) is 15.3. The van der Waals surface area contributed by atoms with Gasteiger partial charge in [0, 0.05) is 12.1 Å². The van der Waals surface area contributed by atoms with E-state index in [1.165, 1.54) is 5.56 Å². The topological polar surface area (TPSA) is 21.3 Å². The molecule has 0 saturated carbocycles. The molecule has 1 N–H and O–H groups in total. The Morgan fingerprint density at radius 1 is 1.31 bits per heavy atom. The summed E-state index contributed by atoms with van der Waals surface area (Å²) in [5, 5.41) is 3.52. The zero-order chi connectivity index (χ0) is 11.3. The third-order valence-electron chi connectivity index (χ3n) is 2.79. The van der Waals surface area contributed by atoms with E-state index >= 15 is 0 Å². The van der Waals surface area contributed by atoms with Gasteiger partial charge in [0.05, 0.1) is 7.11 Å². The van der Waals surface area contributed by atoms with E-state index in [-0.39, 0.29) is 17.9 Å². The Labute approximate surface area is 105 Å². The molecule has 0 saturated heterocycles. The van der Waals surface area contributed by atoms with Crippen molar-refractivity contribution in [3.8, 4) is 5.75 Å². The van der Waals surface area contributed by atoms with Crippen LogP contribution in [0.25, 0.3) is 0 Å². The van der Waals surface area contributed by atoms with Crippen LogP contribution in [0.5, 0.6) is 5.75 Å². The number of nitrogens with one attached hydrogen (secondary N) is 1. The van der Waals surface area contributed by atoms with Gasteiger partial charge >= 0.3 is 0 Å². The molecule has 1 rings (SSSR count). The lowest BCUT2D eigenvalue weighted by Gasteiger charge is -2.24. The molecule has 0 aromatic heterocycles. The van der Waals surface area contributed by atoms with E-state index in [0.717, 1.165) is 18.7 Å². The van der Waals surface area contributed by atoms with Gasteiger partial charge < -0.3 is 10.1 Å². The standard InChI is InChI=1S/C13H21NO.ClH/c1-5-13(2,3)14-10-11-7-6-8-12(9-11)15-4;/h6-9,14H,5,10H2,1-4H3;1H. The zero-order valence-corrected chi connectivity index (χ0v) is 11.4. The molecule has 0 spiro atoms. The van der Waals surface area contributed by atoms with Crippen LogP contribution < -0.4 is 10.1 Å². The van der Waals surface area contributed by atoms with Crippen LogP contribution in [0.3, 0.4) is 0 Å². The van der Waals surface area contributed by atoms with Gasteiger partial charge in [-0.25, -0.2) is 0 Å². The van der Waals surface area contributed by atoms with Gasteiger partial charge in [-0.1, -0.05) is 19.1 Å². The van der Waals surface area contributed by atoms with Gasteiger partial charge in [-0.2, -0.15) is 0 Å². The SMILES string of the molecule is CCC(C)(C)NCc1cccc(OC)c1.Cl. The summed E-state index contributed by atoms with van der Waals surface area (Å²) >= 11 is 0. The first-order valence-corrected chi connectivity index (χ1v) is 5.45. The lowest BCUT2D eigenvalue weighted by Crippen LogP contribution is -2.37. The Bertz CT molecular complexity index is 313. The fourth-order valence-corrected chi connectivity index (χ4v) is 1.25. The molecule has 0 aliphatic carbocycles. The molecule has 3 heteroatoms. The Kier molecular flexibility index (Phi) is 6.46. The monoisotopic (exact) mass is 243 g/mol. The van der Waals surface area contributed by atoms with Gasteiger partial charge in [-0.05, 0) is 38.0 Å². The van der Waals surface area contributed by atoms with E-state index in [1.807, 2.05) is 12.1 Å². The van der Waals surface area contributed by atoms with Crippen LogP contribution in [0.1, 0.15) is 32.8 Å². The van der Waals surface area contributed by atoms with E-state index in [0.29, 0.717) is 0 Å². The third kappa shape index (κ3) is 4.86. The fourth-order valence-electron chi connectivity index (χ4n) is 1.25. The maximum atomic E-state index is 5.19. The lowest BCUT2D eigenvalue weighted by atomic mass is 10.0. The van der Waals surface area contributed by atoms with Crippen molar-refractivity contribution in [3.63, 3.8) is 0 Å². The summed E-state index contributed by atoms with van der Waals surface area (Å²) in [6.45, 7) is 7.51. The highest BCUT2D eigenvalue weighted by Crippen LogP contribution is 2.14. The van der Waals surface area contributed by atoms with Crippen LogP contribution in [-0.4, -0.2) is 12.6 Å². The number of methoxy groups -OCH3 is 1. The van der Waals surface area contributed by atoms with Gasteiger partial charge in [-0.3, -0.25) is 0 Å². The van der Waals surface area contributed by atoms with Crippen LogP contribution in [0, 0.1) is 0 Å². The lowest BCUT2D eigenvalue weighted by molar-refractivity contribution is 0.373. The molecule has 0 atom stereocenters. The molecule has 0 aliphatic rings. The summed E-state index contributed by atoms with van der Waals surface area (Å²) in [5.74, 6) is 0.920. The predicted molar refractivity (Wildman–Crippen MR) is 71.5 cm³/mol. The molecule has 0 unspecified atom stereocenters. The van der Waals surface area contributed by atoms with Crippen molar-refractivity contribution in [1.29, 1.82) is 0 Å². The molecule has 16 heavy (non-hydrogen) atoms. The fraction of sp³-hybridized carbons (Fsp3) is 0.538. The van der Waals surface area contributed by atoms with Gasteiger partial charge in [0.2, 0.25) is 0 Å². The molecule has 0 bridgehead atoms. The quantitative estimate of drug-likeness (QED) is 0.856. The molecule has 0 aliphatic heterocycles.